The molecule has 0 radical (unpaired) electrons. The Hall–Kier alpha value is -1.48. The first-order valence-corrected chi connectivity index (χ1v) is 8.93. The quantitative estimate of drug-likeness (QED) is 0.880. The number of carboxylic acid groups (broad SMARTS) is 1. The molecule has 1 N–H and O–H groups in total. The van der Waals surface area contributed by atoms with Gasteiger partial charge in [0.25, 0.3) is 0 Å². The molecule has 8 heteroatoms. The summed E-state index contributed by atoms with van der Waals surface area (Å²) in [6, 6.07) is 5.69. The van der Waals surface area contributed by atoms with Crippen molar-refractivity contribution in [2.24, 2.45) is 0 Å². The SMILES string of the molecule is O=C(O)c1ccccc1S(=O)(=O)N1CCOC2(CCOCC2)C1. The molecule has 1 aromatic rings. The molecule has 1 spiro atoms. The van der Waals surface area contributed by atoms with Gasteiger partial charge >= 0.3 is 5.97 Å². The van der Waals surface area contributed by atoms with Crippen LogP contribution in [-0.2, 0) is 19.5 Å². The van der Waals surface area contributed by atoms with Crippen molar-refractivity contribution in [3.8, 4) is 0 Å². The second kappa shape index (κ2) is 6.20. The Labute approximate surface area is 134 Å². The van der Waals surface area contributed by atoms with E-state index in [-0.39, 0.29) is 23.5 Å². The third-order valence-electron chi connectivity index (χ3n) is 4.35. The van der Waals surface area contributed by atoms with Crippen molar-refractivity contribution in [1.82, 2.24) is 4.31 Å². The molecule has 126 valence electrons. The Bertz CT molecular complexity index is 690. The molecular weight excluding hydrogens is 322 g/mol. The lowest BCUT2D eigenvalue weighted by molar-refractivity contribution is -0.139. The van der Waals surface area contributed by atoms with Gasteiger partial charge in [-0.3, -0.25) is 0 Å². The maximum Gasteiger partial charge on any atom is 0.337 e. The van der Waals surface area contributed by atoms with E-state index in [4.69, 9.17) is 9.47 Å². The molecule has 2 aliphatic heterocycles. The fourth-order valence-electron chi connectivity index (χ4n) is 3.07. The maximum absolute atomic E-state index is 12.9. The zero-order valence-electron chi connectivity index (χ0n) is 12.6. The first-order valence-electron chi connectivity index (χ1n) is 7.49. The Morgan fingerprint density at radius 2 is 1.87 bits per heavy atom. The molecule has 0 aliphatic carbocycles. The van der Waals surface area contributed by atoms with Crippen molar-refractivity contribution in [2.75, 3.05) is 32.9 Å². The number of nitrogens with zero attached hydrogens (tertiary/aromatic N) is 1. The van der Waals surface area contributed by atoms with Crippen LogP contribution in [0.15, 0.2) is 29.2 Å². The highest BCUT2D eigenvalue weighted by atomic mass is 32.2. The zero-order chi connectivity index (χ0) is 16.5. The van der Waals surface area contributed by atoms with E-state index in [1.54, 1.807) is 0 Å². The van der Waals surface area contributed by atoms with Gasteiger partial charge < -0.3 is 14.6 Å². The van der Waals surface area contributed by atoms with Crippen molar-refractivity contribution in [2.45, 2.75) is 23.3 Å². The molecule has 2 saturated heterocycles. The monoisotopic (exact) mass is 341 g/mol. The minimum Gasteiger partial charge on any atom is -0.478 e. The van der Waals surface area contributed by atoms with Gasteiger partial charge in [0.15, 0.2) is 0 Å². The number of aromatic carboxylic acids is 1. The minimum absolute atomic E-state index is 0.170. The fourth-order valence-corrected chi connectivity index (χ4v) is 4.75. The van der Waals surface area contributed by atoms with Gasteiger partial charge in [-0.15, -0.1) is 0 Å². The second-order valence-corrected chi connectivity index (χ2v) is 7.69. The number of hydrogen-bond donors (Lipinski definition) is 1. The molecule has 2 aliphatic rings. The van der Waals surface area contributed by atoms with Crippen LogP contribution in [0.2, 0.25) is 0 Å². The summed E-state index contributed by atoms with van der Waals surface area (Å²) in [5.74, 6) is -1.25. The largest absolute Gasteiger partial charge is 0.478 e. The van der Waals surface area contributed by atoms with Crippen LogP contribution in [0.1, 0.15) is 23.2 Å². The van der Waals surface area contributed by atoms with Gasteiger partial charge in [-0.25, -0.2) is 13.2 Å². The van der Waals surface area contributed by atoms with Crippen LogP contribution < -0.4 is 0 Å². The Kier molecular flexibility index (Phi) is 4.41. The number of hydrogen-bond acceptors (Lipinski definition) is 5. The number of rotatable bonds is 3. The summed E-state index contributed by atoms with van der Waals surface area (Å²) in [4.78, 5) is 11.2. The zero-order valence-corrected chi connectivity index (χ0v) is 13.4. The van der Waals surface area contributed by atoms with E-state index < -0.39 is 21.6 Å². The average molecular weight is 341 g/mol. The van der Waals surface area contributed by atoms with E-state index in [0.29, 0.717) is 32.7 Å². The Balaban J connectivity index is 1.92. The standard InChI is InChI=1S/C15H19NO6S/c17-14(18)12-3-1-2-4-13(12)23(19,20)16-7-10-22-15(11-16)5-8-21-9-6-15/h1-4H,5-11H2,(H,17,18). The molecule has 0 amide bonds. The van der Waals surface area contributed by atoms with Crippen molar-refractivity contribution in [1.29, 1.82) is 0 Å². The molecule has 0 saturated carbocycles. The maximum atomic E-state index is 12.9. The fraction of sp³-hybridized carbons (Fsp3) is 0.533. The van der Waals surface area contributed by atoms with E-state index in [0.717, 1.165) is 0 Å². The summed E-state index contributed by atoms with van der Waals surface area (Å²) in [7, 11) is -3.88. The highest BCUT2D eigenvalue weighted by Gasteiger charge is 2.42. The van der Waals surface area contributed by atoms with Crippen LogP contribution in [0, 0.1) is 0 Å². The molecule has 23 heavy (non-hydrogen) atoms. The molecule has 0 unspecified atom stereocenters. The van der Waals surface area contributed by atoms with E-state index in [9.17, 15) is 18.3 Å². The molecule has 0 aromatic heterocycles. The summed E-state index contributed by atoms with van der Waals surface area (Å²) < 4.78 is 38.3. The molecular formula is C15H19NO6S. The molecule has 1 aromatic carbocycles. The predicted octanol–water partition coefficient (Wildman–Crippen LogP) is 0.955. The Morgan fingerprint density at radius 3 is 2.57 bits per heavy atom. The van der Waals surface area contributed by atoms with Crippen LogP contribution in [-0.4, -0.2) is 62.3 Å². The number of benzene rings is 1. The molecule has 7 nitrogen and oxygen atoms in total. The van der Waals surface area contributed by atoms with Crippen LogP contribution in [0.5, 0.6) is 0 Å². The topological polar surface area (TPSA) is 93.1 Å². The number of ether oxygens (including phenoxy) is 2. The number of carboxylic acids is 1. The van der Waals surface area contributed by atoms with Crippen molar-refractivity contribution in [3.05, 3.63) is 29.8 Å². The van der Waals surface area contributed by atoms with Crippen LogP contribution in [0.4, 0.5) is 0 Å². The van der Waals surface area contributed by atoms with Crippen molar-refractivity contribution in [3.63, 3.8) is 0 Å². The van der Waals surface area contributed by atoms with E-state index in [2.05, 4.69) is 0 Å². The molecule has 2 fully saturated rings. The van der Waals surface area contributed by atoms with Crippen molar-refractivity contribution >= 4 is 16.0 Å². The van der Waals surface area contributed by atoms with Crippen LogP contribution in [0.25, 0.3) is 0 Å². The van der Waals surface area contributed by atoms with Crippen LogP contribution >= 0.6 is 0 Å². The second-order valence-electron chi connectivity index (χ2n) is 5.78. The number of carbonyl (C=O) groups is 1. The lowest BCUT2D eigenvalue weighted by Gasteiger charge is -2.44. The van der Waals surface area contributed by atoms with Gasteiger partial charge in [0.1, 0.15) is 0 Å². The predicted molar refractivity (Wildman–Crippen MR) is 80.9 cm³/mol. The van der Waals surface area contributed by atoms with Gasteiger partial charge in [0.2, 0.25) is 10.0 Å². The summed E-state index contributed by atoms with van der Waals surface area (Å²) >= 11 is 0. The summed E-state index contributed by atoms with van der Waals surface area (Å²) in [6.45, 7) is 1.83. The first kappa shape index (κ1) is 16.4. The third kappa shape index (κ3) is 3.12. The smallest absolute Gasteiger partial charge is 0.337 e. The Morgan fingerprint density at radius 1 is 1.17 bits per heavy atom. The first-order chi connectivity index (χ1) is 10.9. The molecule has 0 bridgehead atoms. The van der Waals surface area contributed by atoms with E-state index in [1.165, 1.54) is 28.6 Å². The average Bonchev–Trinajstić information content (AvgIpc) is 2.55. The van der Waals surface area contributed by atoms with Crippen LogP contribution in [0.3, 0.4) is 0 Å². The molecule has 3 rings (SSSR count). The summed E-state index contributed by atoms with van der Waals surface area (Å²) in [5, 5.41) is 9.25. The van der Waals surface area contributed by atoms with Gasteiger partial charge in [-0.05, 0) is 12.1 Å². The summed E-state index contributed by atoms with van der Waals surface area (Å²) in [5.41, 5.74) is -0.734. The lowest BCUT2D eigenvalue weighted by atomic mass is 9.93. The third-order valence-corrected chi connectivity index (χ3v) is 6.26. The highest BCUT2D eigenvalue weighted by molar-refractivity contribution is 7.89. The lowest BCUT2D eigenvalue weighted by Crippen LogP contribution is -2.55. The molecule has 2 heterocycles. The number of morpholine rings is 1. The van der Waals surface area contributed by atoms with E-state index in [1.807, 2.05) is 0 Å². The van der Waals surface area contributed by atoms with E-state index >= 15 is 0 Å². The van der Waals surface area contributed by atoms with Gasteiger partial charge in [-0.2, -0.15) is 4.31 Å². The summed E-state index contributed by atoms with van der Waals surface area (Å²) in [6.07, 6.45) is 1.28. The minimum atomic E-state index is -3.88. The highest BCUT2D eigenvalue weighted by Crippen LogP contribution is 2.32. The van der Waals surface area contributed by atoms with Gasteiger partial charge in [-0.1, -0.05) is 12.1 Å². The van der Waals surface area contributed by atoms with Crippen molar-refractivity contribution < 1.29 is 27.8 Å². The normalized spacial score (nSPS) is 22.1. The number of sulfonamides is 1. The van der Waals surface area contributed by atoms with Gasteiger partial charge in [0.05, 0.1) is 22.7 Å². The van der Waals surface area contributed by atoms with Gasteiger partial charge in [0, 0.05) is 39.1 Å². The molecule has 0 atom stereocenters.